The normalized spacial score (nSPS) is 15.8. The Balaban J connectivity index is 2.10. The van der Waals surface area contributed by atoms with Gasteiger partial charge in [0, 0.05) is 23.9 Å². The molecule has 1 aromatic rings. The average Bonchev–Trinajstić information content (AvgIpc) is 2.46. The van der Waals surface area contributed by atoms with E-state index in [9.17, 15) is 10.1 Å². The van der Waals surface area contributed by atoms with E-state index in [4.69, 9.17) is 4.74 Å². The van der Waals surface area contributed by atoms with Crippen LogP contribution in [-0.2, 0) is 0 Å². The van der Waals surface area contributed by atoms with Crippen LogP contribution in [-0.4, -0.2) is 17.6 Å². The molecule has 0 saturated heterocycles. The van der Waals surface area contributed by atoms with Gasteiger partial charge < -0.3 is 10.1 Å². The van der Waals surface area contributed by atoms with Crippen molar-refractivity contribution in [2.24, 2.45) is 0 Å². The smallest absolute Gasteiger partial charge is 0.311 e. The van der Waals surface area contributed by atoms with Gasteiger partial charge in [0.05, 0.1) is 11.5 Å². The summed E-state index contributed by atoms with van der Waals surface area (Å²) in [4.78, 5) is 10.6. The third kappa shape index (κ3) is 3.85. The molecule has 0 aliphatic heterocycles. The van der Waals surface area contributed by atoms with E-state index in [1.165, 1.54) is 38.2 Å². The van der Waals surface area contributed by atoms with Crippen LogP contribution in [0.2, 0.25) is 0 Å². The molecule has 0 aromatic heterocycles. The van der Waals surface area contributed by atoms with E-state index in [2.05, 4.69) is 5.32 Å². The van der Waals surface area contributed by atoms with E-state index in [1.807, 2.05) is 6.92 Å². The van der Waals surface area contributed by atoms with Crippen molar-refractivity contribution < 1.29 is 9.66 Å². The Morgan fingerprint density at radius 1 is 1.35 bits per heavy atom. The predicted octanol–water partition coefficient (Wildman–Crippen LogP) is 4.13. The van der Waals surface area contributed by atoms with Gasteiger partial charge >= 0.3 is 5.69 Å². The van der Waals surface area contributed by atoms with Crippen molar-refractivity contribution >= 4 is 11.4 Å². The first kappa shape index (κ1) is 14.6. The minimum Gasteiger partial charge on any atom is -0.487 e. The summed E-state index contributed by atoms with van der Waals surface area (Å²) in [5.74, 6) is 0.359. The van der Waals surface area contributed by atoms with E-state index >= 15 is 0 Å². The van der Waals surface area contributed by atoms with Crippen molar-refractivity contribution in [3.63, 3.8) is 0 Å². The van der Waals surface area contributed by atoms with Crippen molar-refractivity contribution in [1.29, 1.82) is 0 Å². The molecule has 1 aliphatic rings. The maximum Gasteiger partial charge on any atom is 0.311 e. The number of hydrogen-bond donors (Lipinski definition) is 1. The fourth-order valence-corrected chi connectivity index (χ4v) is 2.57. The first-order valence-electron chi connectivity index (χ1n) is 7.38. The summed E-state index contributed by atoms with van der Waals surface area (Å²) < 4.78 is 5.50. The second kappa shape index (κ2) is 7.12. The zero-order chi connectivity index (χ0) is 14.4. The molecule has 1 N–H and O–H groups in total. The number of anilines is 1. The summed E-state index contributed by atoms with van der Waals surface area (Å²) in [5, 5.41) is 14.5. The Morgan fingerprint density at radius 2 is 2.10 bits per heavy atom. The average molecular weight is 278 g/mol. The molecule has 2 rings (SSSR count). The van der Waals surface area contributed by atoms with Crippen molar-refractivity contribution in [2.45, 2.75) is 51.5 Å². The van der Waals surface area contributed by atoms with Crippen molar-refractivity contribution in [3.05, 3.63) is 28.3 Å². The second-order valence-electron chi connectivity index (χ2n) is 5.27. The Morgan fingerprint density at radius 3 is 2.75 bits per heavy atom. The number of hydrogen-bond acceptors (Lipinski definition) is 4. The molecule has 1 aromatic carbocycles. The largest absolute Gasteiger partial charge is 0.487 e. The number of nitrogens with zero attached hydrogens (tertiary/aromatic N) is 1. The molecule has 0 radical (unpaired) electrons. The molecule has 110 valence electrons. The number of rotatable bonds is 6. The summed E-state index contributed by atoms with van der Waals surface area (Å²) in [5.41, 5.74) is 0.946. The van der Waals surface area contributed by atoms with E-state index in [0.29, 0.717) is 18.4 Å². The number of nitro benzene ring substituents is 1. The van der Waals surface area contributed by atoms with Gasteiger partial charge in [-0.3, -0.25) is 10.1 Å². The highest BCUT2D eigenvalue weighted by atomic mass is 16.6. The number of nitrogens with one attached hydrogen (secondary N) is 1. The lowest BCUT2D eigenvalue weighted by Gasteiger charge is -2.24. The minimum absolute atomic E-state index is 0.0349. The van der Waals surface area contributed by atoms with Gasteiger partial charge in [0.25, 0.3) is 0 Å². The summed E-state index contributed by atoms with van der Waals surface area (Å²) in [7, 11) is 0. The van der Waals surface area contributed by atoms with Crippen LogP contribution >= 0.6 is 0 Å². The Kier molecular flexibility index (Phi) is 5.21. The SMILES string of the molecule is CCCOc1cc(NC2CCCCC2)ccc1[N+](=O)[O-]. The Hall–Kier alpha value is -1.78. The molecule has 0 unspecified atom stereocenters. The highest BCUT2D eigenvalue weighted by Crippen LogP contribution is 2.31. The van der Waals surface area contributed by atoms with Gasteiger partial charge in [-0.2, -0.15) is 0 Å². The van der Waals surface area contributed by atoms with Crippen LogP contribution in [0.1, 0.15) is 45.4 Å². The quantitative estimate of drug-likeness (QED) is 0.627. The topological polar surface area (TPSA) is 64.4 Å². The molecule has 5 heteroatoms. The molecular weight excluding hydrogens is 256 g/mol. The maximum absolute atomic E-state index is 11.0. The fraction of sp³-hybridized carbons (Fsp3) is 0.600. The monoisotopic (exact) mass is 278 g/mol. The van der Waals surface area contributed by atoms with Crippen LogP contribution in [0.25, 0.3) is 0 Å². The van der Waals surface area contributed by atoms with Gasteiger partial charge in [-0.1, -0.05) is 26.2 Å². The van der Waals surface area contributed by atoms with Gasteiger partial charge in [0.1, 0.15) is 0 Å². The molecular formula is C15H22N2O3. The highest BCUT2D eigenvalue weighted by molar-refractivity contribution is 5.58. The van der Waals surface area contributed by atoms with Gasteiger partial charge in [-0.15, -0.1) is 0 Å². The van der Waals surface area contributed by atoms with Crippen LogP contribution in [0.3, 0.4) is 0 Å². The van der Waals surface area contributed by atoms with Crippen molar-refractivity contribution in [2.75, 3.05) is 11.9 Å². The Bertz CT molecular complexity index is 456. The lowest BCUT2D eigenvalue weighted by atomic mass is 9.95. The molecule has 0 spiro atoms. The zero-order valence-electron chi connectivity index (χ0n) is 11.9. The number of ether oxygens (including phenoxy) is 1. The molecule has 0 heterocycles. The van der Waals surface area contributed by atoms with Gasteiger partial charge in [-0.25, -0.2) is 0 Å². The van der Waals surface area contributed by atoms with Crippen molar-refractivity contribution in [3.8, 4) is 5.75 Å². The van der Waals surface area contributed by atoms with E-state index in [0.717, 1.165) is 12.1 Å². The van der Waals surface area contributed by atoms with Crippen LogP contribution < -0.4 is 10.1 Å². The fourth-order valence-electron chi connectivity index (χ4n) is 2.57. The third-order valence-corrected chi connectivity index (χ3v) is 3.59. The minimum atomic E-state index is -0.393. The van der Waals surface area contributed by atoms with E-state index in [1.54, 1.807) is 12.1 Å². The molecule has 20 heavy (non-hydrogen) atoms. The Labute approximate surface area is 119 Å². The predicted molar refractivity (Wildman–Crippen MR) is 79.4 cm³/mol. The molecule has 0 bridgehead atoms. The van der Waals surface area contributed by atoms with Crippen molar-refractivity contribution in [1.82, 2.24) is 0 Å². The van der Waals surface area contributed by atoms with E-state index < -0.39 is 4.92 Å². The molecule has 0 amide bonds. The summed E-state index contributed by atoms with van der Waals surface area (Å²) in [6.07, 6.45) is 6.98. The van der Waals surface area contributed by atoms with Crippen LogP contribution in [0, 0.1) is 10.1 Å². The molecule has 1 aliphatic carbocycles. The van der Waals surface area contributed by atoms with Gasteiger partial charge in [-0.05, 0) is 25.3 Å². The lowest BCUT2D eigenvalue weighted by Crippen LogP contribution is -2.22. The summed E-state index contributed by atoms with van der Waals surface area (Å²) >= 11 is 0. The second-order valence-corrected chi connectivity index (χ2v) is 5.27. The first-order chi connectivity index (χ1) is 9.70. The zero-order valence-corrected chi connectivity index (χ0v) is 11.9. The summed E-state index contributed by atoms with van der Waals surface area (Å²) in [6.45, 7) is 2.48. The third-order valence-electron chi connectivity index (χ3n) is 3.59. The standard InChI is InChI=1S/C15H22N2O3/c1-2-10-20-15-11-13(8-9-14(15)17(18)19)16-12-6-4-3-5-7-12/h8-9,11-12,16H,2-7,10H2,1H3. The lowest BCUT2D eigenvalue weighted by molar-refractivity contribution is -0.385. The number of nitro groups is 1. The van der Waals surface area contributed by atoms with Crippen LogP contribution in [0.15, 0.2) is 18.2 Å². The first-order valence-corrected chi connectivity index (χ1v) is 7.38. The van der Waals surface area contributed by atoms with Gasteiger partial charge in [0.2, 0.25) is 0 Å². The van der Waals surface area contributed by atoms with Crippen LogP contribution in [0.5, 0.6) is 5.75 Å². The highest BCUT2D eigenvalue weighted by Gasteiger charge is 2.18. The van der Waals surface area contributed by atoms with E-state index in [-0.39, 0.29) is 5.69 Å². The maximum atomic E-state index is 11.0. The van der Waals surface area contributed by atoms with Crippen LogP contribution in [0.4, 0.5) is 11.4 Å². The number of benzene rings is 1. The molecule has 0 atom stereocenters. The molecule has 1 saturated carbocycles. The summed E-state index contributed by atoms with van der Waals surface area (Å²) in [6, 6.07) is 5.52. The van der Waals surface area contributed by atoms with Gasteiger partial charge in [0.15, 0.2) is 5.75 Å². The molecule has 5 nitrogen and oxygen atoms in total. The molecule has 1 fully saturated rings.